The van der Waals surface area contributed by atoms with Crippen molar-refractivity contribution in [1.29, 1.82) is 0 Å². The predicted molar refractivity (Wildman–Crippen MR) is 116 cm³/mol. The first-order valence-electron chi connectivity index (χ1n) is 9.43. The summed E-state index contributed by atoms with van der Waals surface area (Å²) in [5.41, 5.74) is 0. The normalized spacial score (nSPS) is 30.6. The van der Waals surface area contributed by atoms with E-state index in [2.05, 4.69) is 63.8 Å². The van der Waals surface area contributed by atoms with E-state index in [1.165, 1.54) is 0 Å². The topological polar surface area (TPSA) is 30.9 Å². The first-order valence-corrected chi connectivity index (χ1v) is 27.7. The molecule has 9 heteroatoms. The molecule has 4 nitrogen and oxygen atoms in total. The maximum absolute atomic E-state index is 6.81. The Hall–Kier alpha value is 0.924. The fourth-order valence-corrected chi connectivity index (χ4v) is 141. The lowest BCUT2D eigenvalue weighted by atomic mass is 10.4. The minimum atomic E-state index is -2.62. The van der Waals surface area contributed by atoms with Crippen molar-refractivity contribution in [2.75, 3.05) is 39.5 Å². The van der Waals surface area contributed by atoms with Crippen molar-refractivity contribution in [3.8, 4) is 0 Å². The molecular weight excluding hydrogens is 383 g/mol. The van der Waals surface area contributed by atoms with Gasteiger partial charge in [-0.2, -0.15) is 0 Å². The number of nitrogens with zero attached hydrogens (tertiary/aromatic N) is 1. The average molecular weight is 422 g/mol. The van der Waals surface area contributed by atoms with Gasteiger partial charge in [0.25, 0.3) is 0 Å². The molecule has 0 aromatic heterocycles. The third-order valence-corrected chi connectivity index (χ3v) is 109. The molecule has 3 fully saturated rings. The van der Waals surface area contributed by atoms with Gasteiger partial charge in [0.05, 0.1) is 19.8 Å². The molecule has 3 saturated heterocycles. The van der Waals surface area contributed by atoms with Gasteiger partial charge in [0.2, 0.25) is 0 Å². The molecule has 3 heterocycles. The Balaban J connectivity index is 2.72. The van der Waals surface area contributed by atoms with Gasteiger partial charge >= 0.3 is 8.32 Å². The maximum Gasteiger partial charge on any atom is 0.462 e. The van der Waals surface area contributed by atoms with Crippen LogP contribution in [0.1, 0.15) is 0 Å². The van der Waals surface area contributed by atoms with E-state index >= 15 is 0 Å². The molecule has 3 aliphatic rings. The maximum atomic E-state index is 6.81. The highest BCUT2D eigenvalue weighted by Gasteiger charge is 2.78. The summed E-state index contributed by atoms with van der Waals surface area (Å²) >= 11 is 0. The highest BCUT2D eigenvalue weighted by molar-refractivity contribution is 8.04. The largest absolute Gasteiger partial charge is 0.462 e. The van der Waals surface area contributed by atoms with E-state index in [0.29, 0.717) is 0 Å². The Labute approximate surface area is 153 Å². The van der Waals surface area contributed by atoms with E-state index in [-0.39, 0.29) is 0 Å². The second-order valence-electron chi connectivity index (χ2n) is 10.4. The van der Waals surface area contributed by atoms with Crippen LogP contribution in [-0.2, 0) is 13.3 Å². The molecular formula is C15H39NO3Si5. The van der Waals surface area contributed by atoms with Gasteiger partial charge in [-0.05, 0) is 0 Å². The quantitative estimate of drug-likeness (QED) is 0.653. The smallest absolute Gasteiger partial charge is 0.376 e. The first kappa shape index (κ1) is 21.2. The summed E-state index contributed by atoms with van der Waals surface area (Å²) in [6, 6.07) is 0. The van der Waals surface area contributed by atoms with E-state index in [1.54, 1.807) is 0 Å². The van der Waals surface area contributed by atoms with Crippen molar-refractivity contribution in [2.45, 2.75) is 58.9 Å². The lowest BCUT2D eigenvalue weighted by Gasteiger charge is -2.62. The molecule has 0 N–H and O–H groups in total. The Morgan fingerprint density at radius 2 is 0.875 bits per heavy atom. The number of hydrogen-bond acceptors (Lipinski definition) is 4. The van der Waals surface area contributed by atoms with Gasteiger partial charge in [0.1, 0.15) is 6.14 Å². The molecule has 0 radical (unpaired) electrons. The Morgan fingerprint density at radius 1 is 0.583 bits per heavy atom. The van der Waals surface area contributed by atoms with Gasteiger partial charge in [-0.1, -0.05) is 58.9 Å². The molecule has 0 aromatic rings. The van der Waals surface area contributed by atoms with Crippen LogP contribution >= 0.6 is 0 Å². The van der Waals surface area contributed by atoms with E-state index in [9.17, 15) is 0 Å². The summed E-state index contributed by atoms with van der Waals surface area (Å²) in [5, 5.41) is 0. The zero-order valence-corrected chi connectivity index (χ0v) is 22.4. The van der Waals surface area contributed by atoms with Crippen molar-refractivity contribution in [3.05, 3.63) is 0 Å². The third kappa shape index (κ3) is 3.28. The Bertz CT molecular complexity index is 393. The molecule has 0 aliphatic carbocycles. The van der Waals surface area contributed by atoms with Crippen LogP contribution in [0.5, 0.6) is 0 Å². The molecule has 24 heavy (non-hydrogen) atoms. The van der Waals surface area contributed by atoms with E-state index in [0.717, 1.165) is 39.5 Å². The van der Waals surface area contributed by atoms with Gasteiger partial charge in [-0.25, -0.2) is 0 Å². The van der Waals surface area contributed by atoms with Gasteiger partial charge in [0, 0.05) is 42.4 Å². The first-order chi connectivity index (χ1) is 10.8. The van der Waals surface area contributed by atoms with Crippen molar-refractivity contribution in [3.63, 3.8) is 0 Å². The molecule has 0 spiro atoms. The fraction of sp³-hybridized carbons (Fsp3) is 1.00. The lowest BCUT2D eigenvalue weighted by Crippen LogP contribution is -2.96. The molecule has 0 aromatic carbocycles. The van der Waals surface area contributed by atoms with E-state index < -0.39 is 37.2 Å². The van der Waals surface area contributed by atoms with Gasteiger partial charge in [-0.15, -0.1) is 0 Å². The summed E-state index contributed by atoms with van der Waals surface area (Å²) in [7, 11) is -7.09. The van der Waals surface area contributed by atoms with Crippen molar-refractivity contribution >= 4 is 37.2 Å². The van der Waals surface area contributed by atoms with Crippen LogP contribution in [0, 0.1) is 0 Å². The minimum Gasteiger partial charge on any atom is -0.376 e. The van der Waals surface area contributed by atoms with Crippen molar-refractivity contribution in [2.24, 2.45) is 0 Å². The van der Waals surface area contributed by atoms with Gasteiger partial charge in [0.15, 0.2) is 0 Å². The van der Waals surface area contributed by atoms with Crippen LogP contribution in [-0.4, -0.2) is 81.6 Å². The predicted octanol–water partition coefficient (Wildman–Crippen LogP) is 3.08. The summed E-state index contributed by atoms with van der Waals surface area (Å²) in [5.74, 6) is 0. The van der Waals surface area contributed by atoms with Crippen LogP contribution in [0.2, 0.25) is 58.9 Å². The molecule has 0 amide bonds. The molecule has 0 unspecified atom stereocenters. The lowest BCUT2D eigenvalue weighted by molar-refractivity contribution is 0.00577. The van der Waals surface area contributed by atoms with Gasteiger partial charge in [-0.3, -0.25) is 4.90 Å². The van der Waals surface area contributed by atoms with Crippen molar-refractivity contribution in [1.82, 2.24) is 4.90 Å². The van der Waals surface area contributed by atoms with Crippen LogP contribution in [0.3, 0.4) is 0 Å². The second-order valence-corrected chi connectivity index (χ2v) is 60.8. The van der Waals surface area contributed by atoms with Crippen LogP contribution in [0.15, 0.2) is 0 Å². The van der Waals surface area contributed by atoms with E-state index in [4.69, 9.17) is 13.3 Å². The third-order valence-electron chi connectivity index (χ3n) is 5.93. The second kappa shape index (κ2) is 6.82. The summed E-state index contributed by atoms with van der Waals surface area (Å²) < 4.78 is 20.4. The standard InChI is InChI=1S/C15H39NO3Si5/c1-20(2,3)24(21(4,5)6,22(7,8)9)23-17-13-10-16(11-14-18-23)12-15-19-23/h10-15H2,1-9H3. The number of fused-ring (bicyclic) bond motifs is 6. The molecule has 142 valence electrons. The van der Waals surface area contributed by atoms with Crippen molar-refractivity contribution < 1.29 is 13.3 Å². The highest BCUT2D eigenvalue weighted by atomic mass is 30.2. The van der Waals surface area contributed by atoms with Crippen LogP contribution < -0.4 is 0 Å². The SMILES string of the molecule is C[Si](C)(C)[Si]([Si](C)(C)C)([Si](C)(C)C)[Si]12OCCN(CCO1)CCO2. The fourth-order valence-electron chi connectivity index (χ4n) is 6.47. The zero-order valence-electron chi connectivity index (χ0n) is 17.4. The highest BCUT2D eigenvalue weighted by Crippen LogP contribution is 2.45. The minimum absolute atomic E-state index is 0.806. The summed E-state index contributed by atoms with van der Waals surface area (Å²) in [6.45, 7) is 29.0. The monoisotopic (exact) mass is 421 g/mol. The van der Waals surface area contributed by atoms with Crippen LogP contribution in [0.4, 0.5) is 0 Å². The average Bonchev–Trinajstić information content (AvgIpc) is 2.23. The molecule has 0 saturated carbocycles. The summed E-state index contributed by atoms with van der Waals surface area (Å²) in [4.78, 5) is 2.43. The number of hydrogen-bond donors (Lipinski definition) is 0. The molecule has 3 rings (SSSR count). The van der Waals surface area contributed by atoms with Gasteiger partial charge < -0.3 is 13.3 Å². The van der Waals surface area contributed by atoms with E-state index in [1.807, 2.05) is 0 Å². The molecule has 3 aliphatic heterocycles. The zero-order chi connectivity index (χ0) is 18.4. The molecule has 0 atom stereocenters. The summed E-state index contributed by atoms with van der Waals surface area (Å²) in [6.07, 6.45) is -1.83. The Kier molecular flexibility index (Phi) is 6.04. The number of rotatable bonds is 4. The molecule has 2 bridgehead atoms. The Morgan fingerprint density at radius 3 is 1.12 bits per heavy atom. The van der Waals surface area contributed by atoms with Crippen LogP contribution in [0.25, 0.3) is 0 Å².